The first kappa shape index (κ1) is 13.7. The van der Waals surface area contributed by atoms with Crippen molar-refractivity contribution in [1.82, 2.24) is 5.32 Å². The van der Waals surface area contributed by atoms with Crippen LogP contribution in [0.4, 0.5) is 0 Å². The fourth-order valence-electron chi connectivity index (χ4n) is 2.51. The maximum absolute atomic E-state index is 5.72. The van der Waals surface area contributed by atoms with E-state index in [1.807, 2.05) is 12.1 Å². The molecule has 0 fully saturated rings. The van der Waals surface area contributed by atoms with E-state index in [9.17, 15) is 0 Å². The van der Waals surface area contributed by atoms with Crippen LogP contribution in [0.3, 0.4) is 0 Å². The maximum Gasteiger partial charge on any atom is 0.127 e. The molecule has 4 heteroatoms. The van der Waals surface area contributed by atoms with Gasteiger partial charge in [-0.3, -0.25) is 0 Å². The number of benzene rings is 1. The molecular formula is C16H18BrNO2. The van der Waals surface area contributed by atoms with Crippen LogP contribution in [0.15, 0.2) is 33.2 Å². The molecule has 0 atom stereocenters. The molecular weight excluding hydrogens is 318 g/mol. The standard InChI is InChI=1S/C16H18BrNO2/c1-2-14-3-4-15(20-14)10-18-9-12-8-13(17)7-11-5-6-19-16(11)12/h3-4,7-8,18H,2,5-6,9-10H2,1H3. The van der Waals surface area contributed by atoms with E-state index in [1.54, 1.807) is 0 Å². The van der Waals surface area contributed by atoms with Crippen molar-refractivity contribution >= 4 is 15.9 Å². The molecule has 0 spiro atoms. The van der Waals surface area contributed by atoms with Gasteiger partial charge in [0.1, 0.15) is 17.3 Å². The van der Waals surface area contributed by atoms with Gasteiger partial charge in [0.25, 0.3) is 0 Å². The van der Waals surface area contributed by atoms with Gasteiger partial charge in [-0.2, -0.15) is 0 Å². The number of rotatable bonds is 5. The average molecular weight is 336 g/mol. The first-order valence-electron chi connectivity index (χ1n) is 6.98. The van der Waals surface area contributed by atoms with Crippen molar-refractivity contribution in [3.05, 3.63) is 51.4 Å². The molecule has 0 saturated heterocycles. The fraction of sp³-hybridized carbons (Fsp3) is 0.375. The van der Waals surface area contributed by atoms with Crippen LogP contribution in [0.1, 0.15) is 29.6 Å². The minimum Gasteiger partial charge on any atom is -0.493 e. The molecule has 3 nitrogen and oxygen atoms in total. The number of fused-ring (bicyclic) bond motifs is 1. The number of hydrogen-bond acceptors (Lipinski definition) is 3. The summed E-state index contributed by atoms with van der Waals surface area (Å²) in [6.07, 6.45) is 1.94. The van der Waals surface area contributed by atoms with Gasteiger partial charge in [0.2, 0.25) is 0 Å². The van der Waals surface area contributed by atoms with Crippen LogP contribution in [0.5, 0.6) is 5.75 Å². The summed E-state index contributed by atoms with van der Waals surface area (Å²) in [5.74, 6) is 3.07. The highest BCUT2D eigenvalue weighted by Gasteiger charge is 2.17. The van der Waals surface area contributed by atoms with E-state index in [0.29, 0.717) is 0 Å². The van der Waals surface area contributed by atoms with Gasteiger partial charge in [0.15, 0.2) is 0 Å². The lowest BCUT2D eigenvalue weighted by molar-refractivity contribution is 0.352. The molecule has 3 rings (SSSR count). The zero-order valence-electron chi connectivity index (χ0n) is 11.5. The van der Waals surface area contributed by atoms with Crippen molar-refractivity contribution in [2.75, 3.05) is 6.61 Å². The Bertz CT molecular complexity index is 607. The minimum absolute atomic E-state index is 0.737. The van der Waals surface area contributed by atoms with Gasteiger partial charge in [-0.1, -0.05) is 22.9 Å². The van der Waals surface area contributed by atoms with Crippen LogP contribution >= 0.6 is 15.9 Å². The average Bonchev–Trinajstić information content (AvgIpc) is 3.06. The van der Waals surface area contributed by atoms with Gasteiger partial charge in [0, 0.05) is 29.4 Å². The van der Waals surface area contributed by atoms with Gasteiger partial charge < -0.3 is 14.5 Å². The lowest BCUT2D eigenvalue weighted by Crippen LogP contribution is -2.13. The minimum atomic E-state index is 0.737. The van der Waals surface area contributed by atoms with E-state index in [-0.39, 0.29) is 0 Å². The van der Waals surface area contributed by atoms with E-state index in [1.165, 1.54) is 11.1 Å². The summed E-state index contributed by atoms with van der Waals surface area (Å²) in [6.45, 7) is 4.40. The van der Waals surface area contributed by atoms with Gasteiger partial charge in [-0.05, 0) is 29.8 Å². The molecule has 1 aromatic heterocycles. The van der Waals surface area contributed by atoms with Gasteiger partial charge in [-0.15, -0.1) is 0 Å². The van der Waals surface area contributed by atoms with E-state index in [0.717, 1.165) is 54.3 Å². The first-order valence-corrected chi connectivity index (χ1v) is 7.78. The lowest BCUT2D eigenvalue weighted by atomic mass is 10.1. The van der Waals surface area contributed by atoms with Crippen molar-refractivity contribution < 1.29 is 9.15 Å². The monoisotopic (exact) mass is 335 g/mol. The molecule has 0 amide bonds. The highest BCUT2D eigenvalue weighted by molar-refractivity contribution is 9.10. The molecule has 0 aliphatic carbocycles. The zero-order valence-corrected chi connectivity index (χ0v) is 13.1. The van der Waals surface area contributed by atoms with Crippen LogP contribution in [0, 0.1) is 0 Å². The van der Waals surface area contributed by atoms with E-state index in [2.05, 4.69) is 40.3 Å². The Morgan fingerprint density at radius 2 is 2.05 bits per heavy atom. The number of nitrogens with one attached hydrogen (secondary N) is 1. The second-order valence-electron chi connectivity index (χ2n) is 4.98. The van der Waals surface area contributed by atoms with Crippen molar-refractivity contribution in [2.24, 2.45) is 0 Å². The smallest absolute Gasteiger partial charge is 0.127 e. The highest BCUT2D eigenvalue weighted by Crippen LogP contribution is 2.32. The molecule has 2 aromatic rings. The summed E-state index contributed by atoms with van der Waals surface area (Å²) in [4.78, 5) is 0. The Morgan fingerprint density at radius 3 is 2.85 bits per heavy atom. The predicted molar refractivity (Wildman–Crippen MR) is 82.0 cm³/mol. The molecule has 1 aromatic carbocycles. The zero-order chi connectivity index (χ0) is 13.9. The van der Waals surface area contributed by atoms with Crippen molar-refractivity contribution in [3.63, 3.8) is 0 Å². The second-order valence-corrected chi connectivity index (χ2v) is 5.89. The Hall–Kier alpha value is -1.26. The fourth-order valence-corrected chi connectivity index (χ4v) is 3.06. The van der Waals surface area contributed by atoms with Crippen LogP contribution in [0.25, 0.3) is 0 Å². The Kier molecular flexibility index (Phi) is 4.13. The quantitative estimate of drug-likeness (QED) is 0.901. The maximum atomic E-state index is 5.72. The molecule has 0 bridgehead atoms. The first-order chi connectivity index (χ1) is 9.76. The molecule has 0 unspecified atom stereocenters. The molecule has 1 N–H and O–H groups in total. The number of ether oxygens (including phenoxy) is 1. The third-order valence-electron chi connectivity index (χ3n) is 3.51. The lowest BCUT2D eigenvalue weighted by Gasteiger charge is -2.09. The summed E-state index contributed by atoms with van der Waals surface area (Å²) in [5, 5.41) is 3.42. The Balaban J connectivity index is 1.64. The molecule has 0 saturated carbocycles. The van der Waals surface area contributed by atoms with Crippen molar-refractivity contribution in [2.45, 2.75) is 32.9 Å². The van der Waals surface area contributed by atoms with E-state index >= 15 is 0 Å². The van der Waals surface area contributed by atoms with Crippen molar-refractivity contribution in [3.8, 4) is 5.75 Å². The van der Waals surface area contributed by atoms with Gasteiger partial charge in [-0.25, -0.2) is 0 Å². The summed E-state index contributed by atoms with van der Waals surface area (Å²) in [7, 11) is 0. The molecule has 1 aliphatic heterocycles. The van der Waals surface area contributed by atoms with Crippen molar-refractivity contribution in [1.29, 1.82) is 0 Å². The molecule has 0 radical (unpaired) electrons. The molecule has 2 heterocycles. The van der Waals surface area contributed by atoms with E-state index in [4.69, 9.17) is 9.15 Å². The number of hydrogen-bond donors (Lipinski definition) is 1. The predicted octanol–water partition coefficient (Wildman–Crippen LogP) is 3.83. The highest BCUT2D eigenvalue weighted by atomic mass is 79.9. The Labute approximate surface area is 127 Å². The van der Waals surface area contributed by atoms with Crippen LogP contribution in [-0.2, 0) is 25.9 Å². The second kappa shape index (κ2) is 6.02. The Morgan fingerprint density at radius 1 is 1.20 bits per heavy atom. The van der Waals surface area contributed by atoms with Crippen LogP contribution in [0.2, 0.25) is 0 Å². The van der Waals surface area contributed by atoms with Gasteiger partial charge in [0.05, 0.1) is 13.2 Å². The molecule has 20 heavy (non-hydrogen) atoms. The largest absolute Gasteiger partial charge is 0.493 e. The third-order valence-corrected chi connectivity index (χ3v) is 3.96. The molecule has 106 valence electrons. The SMILES string of the molecule is CCc1ccc(CNCc2cc(Br)cc3c2OCC3)o1. The summed E-state index contributed by atoms with van der Waals surface area (Å²) in [6, 6.07) is 8.34. The summed E-state index contributed by atoms with van der Waals surface area (Å²) >= 11 is 3.56. The number of halogens is 1. The number of aryl methyl sites for hydroxylation is 1. The number of furan rings is 1. The summed E-state index contributed by atoms with van der Waals surface area (Å²) < 4.78 is 12.5. The summed E-state index contributed by atoms with van der Waals surface area (Å²) in [5.41, 5.74) is 2.50. The van der Waals surface area contributed by atoms with Crippen LogP contribution < -0.4 is 10.1 Å². The molecule has 1 aliphatic rings. The van der Waals surface area contributed by atoms with E-state index < -0.39 is 0 Å². The third kappa shape index (κ3) is 2.91. The normalized spacial score (nSPS) is 13.3. The topological polar surface area (TPSA) is 34.4 Å². The van der Waals surface area contributed by atoms with Gasteiger partial charge >= 0.3 is 0 Å². The van der Waals surface area contributed by atoms with Crippen LogP contribution in [-0.4, -0.2) is 6.61 Å².